The number of nitrogens with two attached hydrogens (primary N) is 1. The minimum Gasteiger partial charge on any atom is -0.453 e. The smallest absolute Gasteiger partial charge is 0.406 e. The molecule has 3 N–H and O–H groups in total. The van der Waals surface area contributed by atoms with Gasteiger partial charge < -0.3 is 15.8 Å². The SMILES string of the molecule is COC(=O)NCCc1nnc(N)s1. The minimum atomic E-state index is -0.447. The molecule has 0 unspecified atom stereocenters. The highest BCUT2D eigenvalue weighted by Crippen LogP contribution is 2.10. The summed E-state index contributed by atoms with van der Waals surface area (Å²) in [5.74, 6) is 0. The Bertz CT molecular complexity index is 288. The van der Waals surface area contributed by atoms with Gasteiger partial charge in [0.15, 0.2) is 0 Å². The third-order valence-electron chi connectivity index (χ3n) is 1.28. The number of anilines is 1. The van der Waals surface area contributed by atoms with Crippen molar-refractivity contribution >= 4 is 22.6 Å². The molecule has 1 amide bonds. The molecule has 6 nitrogen and oxygen atoms in total. The van der Waals surface area contributed by atoms with Gasteiger partial charge in [-0.05, 0) is 0 Å². The van der Waals surface area contributed by atoms with Crippen LogP contribution in [0.15, 0.2) is 0 Å². The van der Waals surface area contributed by atoms with Crippen molar-refractivity contribution in [3.63, 3.8) is 0 Å². The summed E-state index contributed by atoms with van der Waals surface area (Å²) < 4.78 is 4.39. The number of carbonyl (C=O) groups excluding carboxylic acids is 1. The molecule has 0 spiro atoms. The van der Waals surface area contributed by atoms with Gasteiger partial charge in [-0.2, -0.15) is 0 Å². The summed E-state index contributed by atoms with van der Waals surface area (Å²) in [6.45, 7) is 0.474. The van der Waals surface area contributed by atoms with Crippen molar-refractivity contribution < 1.29 is 9.53 Å². The lowest BCUT2D eigenvalue weighted by molar-refractivity contribution is 0.171. The number of hydrogen-bond acceptors (Lipinski definition) is 6. The zero-order valence-corrected chi connectivity index (χ0v) is 7.93. The Kier molecular flexibility index (Phi) is 3.44. The van der Waals surface area contributed by atoms with Crippen LogP contribution in [0.25, 0.3) is 0 Å². The van der Waals surface area contributed by atoms with Crippen LogP contribution in [0, 0.1) is 0 Å². The molecule has 13 heavy (non-hydrogen) atoms. The number of hydrogen-bond donors (Lipinski definition) is 2. The molecule has 1 heterocycles. The van der Waals surface area contributed by atoms with E-state index < -0.39 is 6.09 Å². The number of carbonyl (C=O) groups is 1. The van der Waals surface area contributed by atoms with Crippen molar-refractivity contribution in [1.82, 2.24) is 15.5 Å². The summed E-state index contributed by atoms with van der Waals surface area (Å²) in [5.41, 5.74) is 5.37. The highest BCUT2D eigenvalue weighted by Gasteiger charge is 2.02. The van der Waals surface area contributed by atoms with Crippen LogP contribution >= 0.6 is 11.3 Å². The molecule has 0 aliphatic carbocycles. The predicted molar refractivity (Wildman–Crippen MR) is 48.4 cm³/mol. The Hall–Kier alpha value is -1.37. The van der Waals surface area contributed by atoms with Gasteiger partial charge in [0, 0.05) is 13.0 Å². The van der Waals surface area contributed by atoms with Gasteiger partial charge in [0.05, 0.1) is 7.11 Å². The molecule has 0 saturated heterocycles. The highest BCUT2D eigenvalue weighted by atomic mass is 32.1. The summed E-state index contributed by atoms with van der Waals surface area (Å²) in [7, 11) is 1.32. The zero-order chi connectivity index (χ0) is 9.68. The first-order valence-electron chi connectivity index (χ1n) is 3.62. The Morgan fingerprint density at radius 3 is 3.00 bits per heavy atom. The Labute approximate surface area is 79.1 Å². The van der Waals surface area contributed by atoms with E-state index in [0.29, 0.717) is 18.1 Å². The van der Waals surface area contributed by atoms with E-state index in [1.807, 2.05) is 0 Å². The lowest BCUT2D eigenvalue weighted by Gasteiger charge is -1.99. The number of nitrogen functional groups attached to an aromatic ring is 1. The fourth-order valence-corrected chi connectivity index (χ4v) is 1.32. The maximum absolute atomic E-state index is 10.6. The number of amides is 1. The van der Waals surface area contributed by atoms with Gasteiger partial charge in [-0.3, -0.25) is 0 Å². The lowest BCUT2D eigenvalue weighted by atomic mass is 10.4. The molecule has 0 aliphatic heterocycles. The van der Waals surface area contributed by atoms with E-state index in [1.54, 1.807) is 0 Å². The molecule has 0 fully saturated rings. The second-order valence-electron chi connectivity index (χ2n) is 2.20. The summed E-state index contributed by atoms with van der Waals surface area (Å²) >= 11 is 1.31. The van der Waals surface area contributed by atoms with Crippen molar-refractivity contribution in [3.05, 3.63) is 5.01 Å². The van der Waals surface area contributed by atoms with Crippen LogP contribution in [0.4, 0.5) is 9.93 Å². The number of aromatic nitrogens is 2. The quantitative estimate of drug-likeness (QED) is 0.721. The standard InChI is InChI=1S/C6H10N4O2S/c1-12-6(11)8-3-2-4-9-10-5(7)13-4/h2-3H2,1H3,(H2,7,10)(H,8,11). The van der Waals surface area contributed by atoms with E-state index >= 15 is 0 Å². The second kappa shape index (κ2) is 4.61. The van der Waals surface area contributed by atoms with E-state index in [4.69, 9.17) is 5.73 Å². The number of nitrogens with one attached hydrogen (secondary N) is 1. The average Bonchev–Trinajstić information content (AvgIpc) is 2.51. The first-order valence-corrected chi connectivity index (χ1v) is 4.43. The van der Waals surface area contributed by atoms with E-state index in [1.165, 1.54) is 18.4 Å². The fraction of sp³-hybridized carbons (Fsp3) is 0.500. The average molecular weight is 202 g/mol. The van der Waals surface area contributed by atoms with Crippen LogP contribution in [0.2, 0.25) is 0 Å². The van der Waals surface area contributed by atoms with Gasteiger partial charge in [0.2, 0.25) is 5.13 Å². The molecular weight excluding hydrogens is 192 g/mol. The first kappa shape index (κ1) is 9.72. The summed E-state index contributed by atoms with van der Waals surface area (Å²) in [4.78, 5) is 10.6. The van der Waals surface area contributed by atoms with Gasteiger partial charge in [0.1, 0.15) is 5.01 Å². The van der Waals surface area contributed by atoms with Gasteiger partial charge in [-0.25, -0.2) is 4.79 Å². The summed E-state index contributed by atoms with van der Waals surface area (Å²) in [6, 6.07) is 0. The van der Waals surface area contributed by atoms with Crippen LogP contribution in [0.1, 0.15) is 5.01 Å². The molecule has 0 aliphatic rings. The first-order chi connectivity index (χ1) is 6.22. The largest absolute Gasteiger partial charge is 0.453 e. The van der Waals surface area contributed by atoms with Gasteiger partial charge >= 0.3 is 6.09 Å². The molecule has 72 valence electrons. The molecule has 1 aromatic heterocycles. The third kappa shape index (κ3) is 3.24. The summed E-state index contributed by atoms with van der Waals surface area (Å²) in [6.07, 6.45) is 0.168. The normalized spacial score (nSPS) is 9.62. The van der Waals surface area contributed by atoms with Crippen molar-refractivity contribution in [1.29, 1.82) is 0 Å². The molecule has 1 aromatic rings. The van der Waals surface area contributed by atoms with E-state index in [2.05, 4.69) is 20.3 Å². The Morgan fingerprint density at radius 1 is 1.69 bits per heavy atom. The molecule has 1 rings (SSSR count). The molecule has 0 saturated carbocycles. The zero-order valence-electron chi connectivity index (χ0n) is 7.11. The molecule has 0 bridgehead atoms. The van der Waals surface area contributed by atoms with E-state index in [0.717, 1.165) is 5.01 Å². The predicted octanol–water partition coefficient (Wildman–Crippen LogP) is 0.0188. The molecule has 7 heteroatoms. The van der Waals surface area contributed by atoms with Crippen LogP contribution in [0.5, 0.6) is 0 Å². The van der Waals surface area contributed by atoms with E-state index in [9.17, 15) is 4.79 Å². The van der Waals surface area contributed by atoms with Crippen molar-refractivity contribution in [2.24, 2.45) is 0 Å². The maximum atomic E-state index is 10.6. The number of alkyl carbamates (subject to hydrolysis) is 1. The number of methoxy groups -OCH3 is 1. The lowest BCUT2D eigenvalue weighted by Crippen LogP contribution is -2.25. The van der Waals surface area contributed by atoms with Crippen molar-refractivity contribution in [2.75, 3.05) is 19.4 Å². The van der Waals surface area contributed by atoms with E-state index in [-0.39, 0.29) is 0 Å². The topological polar surface area (TPSA) is 90.1 Å². The van der Waals surface area contributed by atoms with Gasteiger partial charge in [-0.15, -0.1) is 10.2 Å². The Morgan fingerprint density at radius 2 is 2.46 bits per heavy atom. The van der Waals surface area contributed by atoms with Crippen molar-refractivity contribution in [2.45, 2.75) is 6.42 Å². The number of nitrogens with zero attached hydrogens (tertiary/aromatic N) is 2. The van der Waals surface area contributed by atoms with Crippen LogP contribution < -0.4 is 11.1 Å². The molecular formula is C6H10N4O2S. The third-order valence-corrected chi connectivity index (χ3v) is 2.09. The summed E-state index contributed by atoms with van der Waals surface area (Å²) in [5, 5.41) is 11.2. The maximum Gasteiger partial charge on any atom is 0.406 e. The Balaban J connectivity index is 2.24. The second-order valence-corrected chi connectivity index (χ2v) is 3.30. The fourth-order valence-electron chi connectivity index (χ4n) is 0.711. The van der Waals surface area contributed by atoms with Gasteiger partial charge in [-0.1, -0.05) is 11.3 Å². The molecule has 0 radical (unpaired) electrons. The molecule has 0 atom stereocenters. The van der Waals surface area contributed by atoms with Crippen molar-refractivity contribution in [3.8, 4) is 0 Å². The van der Waals surface area contributed by atoms with Crippen LogP contribution in [-0.4, -0.2) is 29.9 Å². The number of rotatable bonds is 3. The van der Waals surface area contributed by atoms with Gasteiger partial charge in [0.25, 0.3) is 0 Å². The van der Waals surface area contributed by atoms with Crippen LogP contribution in [-0.2, 0) is 11.2 Å². The van der Waals surface area contributed by atoms with Crippen LogP contribution in [0.3, 0.4) is 0 Å². The highest BCUT2D eigenvalue weighted by molar-refractivity contribution is 7.15. The molecule has 0 aromatic carbocycles. The monoisotopic (exact) mass is 202 g/mol. The number of ether oxygens (including phenoxy) is 1. The minimum absolute atomic E-state index is 0.438.